The summed E-state index contributed by atoms with van der Waals surface area (Å²) < 4.78 is 7.45. The molecule has 1 unspecified atom stereocenters. The third-order valence-electron chi connectivity index (χ3n) is 5.92. The Bertz CT molecular complexity index is 1220. The van der Waals surface area contributed by atoms with Gasteiger partial charge in [-0.15, -0.1) is 0 Å². The van der Waals surface area contributed by atoms with Crippen molar-refractivity contribution in [3.63, 3.8) is 0 Å². The lowest BCUT2D eigenvalue weighted by atomic mass is 9.91. The molecule has 35 heavy (non-hydrogen) atoms. The van der Waals surface area contributed by atoms with E-state index in [1.165, 1.54) is 10.8 Å². The lowest BCUT2D eigenvalue weighted by Crippen LogP contribution is -2.64. The number of hydrogen-bond donors (Lipinski definition) is 5. The SMILES string of the molecule is CCNC(=O)n1ccc2cc(Oc3ccnc(NC(=O)N[C@](C=O)(CO)C4CCCN4)c3)ccc21. The third-order valence-corrected chi connectivity index (χ3v) is 5.92. The van der Waals surface area contributed by atoms with Crippen LogP contribution in [0.15, 0.2) is 48.8 Å². The molecule has 1 aliphatic heterocycles. The number of carbonyl (C=O) groups excluding carboxylic acids is 3. The summed E-state index contributed by atoms with van der Waals surface area (Å²) >= 11 is 0. The van der Waals surface area contributed by atoms with Crippen molar-refractivity contribution in [1.82, 2.24) is 25.5 Å². The molecule has 1 saturated heterocycles. The largest absolute Gasteiger partial charge is 0.457 e. The first-order valence-corrected chi connectivity index (χ1v) is 11.4. The molecule has 184 valence electrons. The average Bonchev–Trinajstić information content (AvgIpc) is 3.53. The van der Waals surface area contributed by atoms with Gasteiger partial charge in [0.15, 0.2) is 0 Å². The zero-order valence-electron chi connectivity index (χ0n) is 19.3. The number of urea groups is 1. The fraction of sp³-hybridized carbons (Fsp3) is 0.333. The highest BCUT2D eigenvalue weighted by molar-refractivity contribution is 5.93. The van der Waals surface area contributed by atoms with Gasteiger partial charge >= 0.3 is 12.1 Å². The number of benzene rings is 1. The Morgan fingerprint density at radius 2 is 2.11 bits per heavy atom. The summed E-state index contributed by atoms with van der Waals surface area (Å²) in [5, 5.41) is 21.7. The maximum atomic E-state index is 12.6. The van der Waals surface area contributed by atoms with Crippen molar-refractivity contribution in [2.75, 3.05) is 25.0 Å². The smallest absolute Gasteiger partial charge is 0.326 e. The Kier molecular flexibility index (Phi) is 7.28. The highest BCUT2D eigenvalue weighted by Gasteiger charge is 2.41. The molecule has 3 aromatic rings. The first-order chi connectivity index (χ1) is 17.0. The molecule has 0 radical (unpaired) electrons. The summed E-state index contributed by atoms with van der Waals surface area (Å²) in [6.07, 6.45) is 5.26. The molecule has 0 bridgehead atoms. The molecule has 1 aliphatic rings. The Labute approximate surface area is 201 Å². The van der Waals surface area contributed by atoms with E-state index in [1.807, 2.05) is 13.0 Å². The molecule has 0 saturated carbocycles. The average molecular weight is 481 g/mol. The van der Waals surface area contributed by atoms with Crippen LogP contribution >= 0.6 is 0 Å². The fourth-order valence-corrected chi connectivity index (χ4v) is 4.15. The van der Waals surface area contributed by atoms with Crippen molar-refractivity contribution in [3.8, 4) is 11.5 Å². The topological polar surface area (TPSA) is 147 Å². The highest BCUT2D eigenvalue weighted by Crippen LogP contribution is 2.27. The number of anilines is 1. The summed E-state index contributed by atoms with van der Waals surface area (Å²) in [7, 11) is 0. The maximum Gasteiger partial charge on any atom is 0.326 e. The van der Waals surface area contributed by atoms with Crippen LogP contribution in [0.3, 0.4) is 0 Å². The van der Waals surface area contributed by atoms with E-state index in [0.717, 1.165) is 17.3 Å². The number of aliphatic hydroxyl groups excluding tert-OH is 1. The van der Waals surface area contributed by atoms with Crippen LogP contribution in [0.2, 0.25) is 0 Å². The third kappa shape index (κ3) is 5.26. The first kappa shape index (κ1) is 24.2. The predicted molar refractivity (Wildman–Crippen MR) is 130 cm³/mol. The molecule has 11 heteroatoms. The lowest BCUT2D eigenvalue weighted by molar-refractivity contribution is -0.115. The molecule has 2 atom stereocenters. The summed E-state index contributed by atoms with van der Waals surface area (Å²) in [6, 6.07) is 9.11. The van der Waals surface area contributed by atoms with Crippen molar-refractivity contribution < 1.29 is 24.2 Å². The zero-order valence-corrected chi connectivity index (χ0v) is 19.3. The number of aliphatic hydroxyl groups is 1. The van der Waals surface area contributed by atoms with Crippen LogP contribution in [0.25, 0.3) is 10.9 Å². The molecule has 1 fully saturated rings. The van der Waals surface area contributed by atoms with Gasteiger partial charge in [0, 0.05) is 36.4 Å². The lowest BCUT2D eigenvalue weighted by Gasteiger charge is -2.33. The van der Waals surface area contributed by atoms with Gasteiger partial charge < -0.3 is 30.6 Å². The van der Waals surface area contributed by atoms with Crippen LogP contribution in [-0.4, -0.2) is 64.3 Å². The minimum Gasteiger partial charge on any atom is -0.457 e. The molecule has 3 amide bonds. The second kappa shape index (κ2) is 10.5. The number of aromatic nitrogens is 2. The summed E-state index contributed by atoms with van der Waals surface area (Å²) in [5.74, 6) is 1.18. The number of rotatable bonds is 8. The van der Waals surface area contributed by atoms with Gasteiger partial charge in [-0.2, -0.15) is 0 Å². The molecular weight excluding hydrogens is 452 g/mol. The van der Waals surface area contributed by atoms with Crippen molar-refractivity contribution in [2.45, 2.75) is 31.3 Å². The number of nitrogens with one attached hydrogen (secondary N) is 4. The molecule has 1 aromatic carbocycles. The van der Waals surface area contributed by atoms with Crippen LogP contribution in [0.5, 0.6) is 11.5 Å². The Hall–Kier alpha value is -3.96. The molecule has 2 aromatic heterocycles. The van der Waals surface area contributed by atoms with Crippen molar-refractivity contribution in [2.24, 2.45) is 0 Å². The van der Waals surface area contributed by atoms with E-state index in [9.17, 15) is 19.5 Å². The summed E-state index contributed by atoms with van der Waals surface area (Å²) in [5.41, 5.74) is -0.675. The number of nitrogens with zero attached hydrogens (tertiary/aromatic N) is 2. The number of ether oxygens (including phenoxy) is 1. The van der Waals surface area contributed by atoms with Crippen LogP contribution in [0.1, 0.15) is 19.8 Å². The van der Waals surface area contributed by atoms with Gasteiger partial charge in [-0.25, -0.2) is 14.6 Å². The molecular formula is C24H28N6O5. The molecule has 5 N–H and O–H groups in total. The van der Waals surface area contributed by atoms with Gasteiger partial charge in [-0.05, 0) is 56.6 Å². The van der Waals surface area contributed by atoms with Gasteiger partial charge in [0.2, 0.25) is 0 Å². The summed E-state index contributed by atoms with van der Waals surface area (Å²) in [6.45, 7) is 2.58. The van der Waals surface area contributed by atoms with Gasteiger partial charge in [0.1, 0.15) is 29.1 Å². The van der Waals surface area contributed by atoms with E-state index in [1.54, 1.807) is 36.5 Å². The van der Waals surface area contributed by atoms with Crippen molar-refractivity contribution in [3.05, 3.63) is 48.8 Å². The van der Waals surface area contributed by atoms with Crippen LogP contribution in [0, 0.1) is 0 Å². The van der Waals surface area contributed by atoms with Crippen LogP contribution < -0.4 is 26.0 Å². The van der Waals surface area contributed by atoms with Crippen LogP contribution in [0.4, 0.5) is 15.4 Å². The Morgan fingerprint density at radius 3 is 2.83 bits per heavy atom. The van der Waals surface area contributed by atoms with E-state index in [4.69, 9.17) is 4.74 Å². The van der Waals surface area contributed by atoms with Gasteiger partial charge in [-0.1, -0.05) is 0 Å². The van der Waals surface area contributed by atoms with E-state index in [2.05, 4.69) is 26.3 Å². The molecule has 11 nitrogen and oxygen atoms in total. The first-order valence-electron chi connectivity index (χ1n) is 11.4. The Balaban J connectivity index is 1.44. The standard InChI is InChI=1S/C24H28N6O5/c1-2-25-23(34)30-11-8-16-12-17(5-6-19(16)30)35-18-7-10-27-21(13-18)28-22(33)29-24(14-31,15-32)20-4-3-9-26-20/h5-8,10-14,20,26,32H,2-4,9,15H2,1H3,(H,25,34)(H2,27,28,29,33)/t20?,24-/m1/s1. The predicted octanol–water partition coefficient (Wildman–Crippen LogP) is 2.21. The van der Waals surface area contributed by atoms with E-state index < -0.39 is 18.2 Å². The number of carbonyl (C=O) groups is 3. The van der Waals surface area contributed by atoms with Gasteiger partial charge in [0.05, 0.1) is 12.1 Å². The molecule has 3 heterocycles. The minimum atomic E-state index is -1.42. The number of fused-ring (bicyclic) bond motifs is 1. The number of amides is 3. The molecule has 4 rings (SSSR count). The number of hydrogen-bond acceptors (Lipinski definition) is 7. The van der Waals surface area contributed by atoms with Gasteiger partial charge in [-0.3, -0.25) is 9.88 Å². The van der Waals surface area contributed by atoms with E-state index in [-0.39, 0.29) is 17.9 Å². The van der Waals surface area contributed by atoms with Crippen molar-refractivity contribution >= 4 is 35.1 Å². The molecule has 0 aliphatic carbocycles. The number of pyridine rings is 1. The Morgan fingerprint density at radius 1 is 1.29 bits per heavy atom. The maximum absolute atomic E-state index is 12.6. The normalized spacial score (nSPS) is 16.9. The fourth-order valence-electron chi connectivity index (χ4n) is 4.15. The monoisotopic (exact) mass is 480 g/mol. The second-order valence-corrected chi connectivity index (χ2v) is 8.27. The van der Waals surface area contributed by atoms with Crippen molar-refractivity contribution in [1.29, 1.82) is 0 Å². The second-order valence-electron chi connectivity index (χ2n) is 8.27. The van der Waals surface area contributed by atoms with E-state index >= 15 is 0 Å². The zero-order chi connectivity index (χ0) is 24.8. The van der Waals surface area contributed by atoms with Crippen LogP contribution in [-0.2, 0) is 4.79 Å². The quantitative estimate of drug-likeness (QED) is 0.311. The highest BCUT2D eigenvalue weighted by atomic mass is 16.5. The minimum absolute atomic E-state index is 0.206. The summed E-state index contributed by atoms with van der Waals surface area (Å²) in [4.78, 5) is 40.6. The molecule has 0 spiro atoms. The number of aldehydes is 1. The van der Waals surface area contributed by atoms with E-state index in [0.29, 0.717) is 37.3 Å². The van der Waals surface area contributed by atoms with Gasteiger partial charge in [0.25, 0.3) is 0 Å².